The average molecular weight is 339 g/mol. The molecular formula is C13H10INO2. The first-order chi connectivity index (χ1) is 8.15. The number of nitrogen functional groups attached to an aromatic ring is 1. The van der Waals surface area contributed by atoms with Gasteiger partial charge in [0.2, 0.25) is 0 Å². The Bertz CT molecular complexity index is 520. The van der Waals surface area contributed by atoms with Crippen LogP contribution in [0.4, 0.5) is 5.69 Å². The SMILES string of the molecule is Nc1ccc(C(=O)Oc2ccc(I)cc2)cc1. The molecule has 2 aromatic rings. The monoisotopic (exact) mass is 339 g/mol. The van der Waals surface area contributed by atoms with E-state index in [4.69, 9.17) is 10.5 Å². The maximum Gasteiger partial charge on any atom is 0.343 e. The molecule has 17 heavy (non-hydrogen) atoms. The summed E-state index contributed by atoms with van der Waals surface area (Å²) >= 11 is 2.19. The molecule has 2 N–H and O–H groups in total. The fourth-order valence-corrected chi connectivity index (χ4v) is 1.65. The maximum atomic E-state index is 11.7. The van der Waals surface area contributed by atoms with E-state index < -0.39 is 0 Å². The lowest BCUT2D eigenvalue weighted by atomic mass is 10.2. The zero-order valence-corrected chi connectivity index (χ0v) is 11.0. The second kappa shape index (κ2) is 5.18. The van der Waals surface area contributed by atoms with Gasteiger partial charge in [0.15, 0.2) is 0 Å². The minimum Gasteiger partial charge on any atom is -0.423 e. The Balaban J connectivity index is 2.11. The van der Waals surface area contributed by atoms with Gasteiger partial charge in [0.05, 0.1) is 5.56 Å². The van der Waals surface area contributed by atoms with Gasteiger partial charge in [-0.1, -0.05) is 0 Å². The van der Waals surface area contributed by atoms with Crippen LogP contribution in [0.3, 0.4) is 0 Å². The first-order valence-electron chi connectivity index (χ1n) is 4.98. The van der Waals surface area contributed by atoms with E-state index >= 15 is 0 Å². The van der Waals surface area contributed by atoms with Gasteiger partial charge in [-0.25, -0.2) is 4.79 Å². The fourth-order valence-electron chi connectivity index (χ4n) is 1.29. The highest BCUT2D eigenvalue weighted by Gasteiger charge is 2.07. The van der Waals surface area contributed by atoms with E-state index in [9.17, 15) is 4.79 Å². The molecule has 0 saturated heterocycles. The van der Waals surface area contributed by atoms with Gasteiger partial charge in [0.25, 0.3) is 0 Å². The highest BCUT2D eigenvalue weighted by molar-refractivity contribution is 14.1. The highest BCUT2D eigenvalue weighted by atomic mass is 127. The molecule has 86 valence electrons. The van der Waals surface area contributed by atoms with Crippen LogP contribution in [-0.2, 0) is 0 Å². The molecule has 0 spiro atoms. The van der Waals surface area contributed by atoms with Gasteiger partial charge in [-0.05, 0) is 71.1 Å². The number of rotatable bonds is 2. The van der Waals surface area contributed by atoms with Crippen LogP contribution in [0.2, 0.25) is 0 Å². The summed E-state index contributed by atoms with van der Waals surface area (Å²) in [6, 6.07) is 13.9. The Morgan fingerprint density at radius 1 is 1.00 bits per heavy atom. The number of nitrogens with two attached hydrogens (primary N) is 1. The number of hydrogen-bond donors (Lipinski definition) is 1. The summed E-state index contributed by atoms with van der Waals surface area (Å²) in [6.45, 7) is 0. The first kappa shape index (κ1) is 11.9. The van der Waals surface area contributed by atoms with E-state index in [-0.39, 0.29) is 5.97 Å². The van der Waals surface area contributed by atoms with Crippen molar-refractivity contribution in [3.63, 3.8) is 0 Å². The zero-order chi connectivity index (χ0) is 12.3. The molecule has 3 nitrogen and oxygen atoms in total. The summed E-state index contributed by atoms with van der Waals surface area (Å²) in [5.74, 6) is 0.151. The van der Waals surface area contributed by atoms with Gasteiger partial charge in [-0.3, -0.25) is 0 Å². The number of benzene rings is 2. The van der Waals surface area contributed by atoms with Crippen molar-refractivity contribution in [1.82, 2.24) is 0 Å². The number of carbonyl (C=O) groups excluding carboxylic acids is 1. The van der Waals surface area contributed by atoms with Crippen molar-refractivity contribution in [2.75, 3.05) is 5.73 Å². The van der Waals surface area contributed by atoms with Crippen molar-refractivity contribution in [2.45, 2.75) is 0 Å². The minimum atomic E-state index is -0.383. The third kappa shape index (κ3) is 3.20. The van der Waals surface area contributed by atoms with Gasteiger partial charge in [0.1, 0.15) is 5.75 Å². The first-order valence-corrected chi connectivity index (χ1v) is 6.06. The molecule has 0 radical (unpaired) electrons. The van der Waals surface area contributed by atoms with Crippen molar-refractivity contribution in [1.29, 1.82) is 0 Å². The molecule has 0 unspecified atom stereocenters. The quantitative estimate of drug-likeness (QED) is 0.396. The van der Waals surface area contributed by atoms with Crippen LogP contribution in [0.1, 0.15) is 10.4 Å². The van der Waals surface area contributed by atoms with E-state index in [0.29, 0.717) is 17.0 Å². The molecule has 0 atom stereocenters. The average Bonchev–Trinajstić information content (AvgIpc) is 2.33. The second-order valence-corrected chi connectivity index (χ2v) is 4.71. The van der Waals surface area contributed by atoms with Crippen LogP contribution in [0.25, 0.3) is 0 Å². The van der Waals surface area contributed by atoms with E-state index in [1.807, 2.05) is 12.1 Å². The number of carbonyl (C=O) groups is 1. The van der Waals surface area contributed by atoms with Crippen molar-refractivity contribution >= 4 is 34.2 Å². The highest BCUT2D eigenvalue weighted by Crippen LogP contribution is 2.15. The molecular weight excluding hydrogens is 329 g/mol. The van der Waals surface area contributed by atoms with E-state index in [1.54, 1.807) is 36.4 Å². The van der Waals surface area contributed by atoms with Crippen LogP contribution in [-0.4, -0.2) is 5.97 Å². The van der Waals surface area contributed by atoms with Crippen molar-refractivity contribution in [3.8, 4) is 5.75 Å². The molecule has 0 aliphatic rings. The fraction of sp³-hybridized carbons (Fsp3) is 0. The molecule has 2 aromatic carbocycles. The Morgan fingerprint density at radius 2 is 1.59 bits per heavy atom. The Kier molecular flexibility index (Phi) is 3.63. The summed E-state index contributed by atoms with van der Waals surface area (Å²) in [6.07, 6.45) is 0. The zero-order valence-electron chi connectivity index (χ0n) is 8.89. The topological polar surface area (TPSA) is 52.3 Å². The van der Waals surface area contributed by atoms with Gasteiger partial charge >= 0.3 is 5.97 Å². The number of halogens is 1. The van der Waals surface area contributed by atoms with Gasteiger partial charge in [-0.2, -0.15) is 0 Å². The van der Waals surface area contributed by atoms with Crippen molar-refractivity contribution < 1.29 is 9.53 Å². The smallest absolute Gasteiger partial charge is 0.343 e. The predicted molar refractivity (Wildman–Crippen MR) is 75.0 cm³/mol. The Hall–Kier alpha value is -1.56. The molecule has 0 fully saturated rings. The largest absolute Gasteiger partial charge is 0.423 e. The summed E-state index contributed by atoms with van der Waals surface area (Å²) < 4.78 is 6.30. The van der Waals surface area contributed by atoms with Crippen LogP contribution in [0.15, 0.2) is 48.5 Å². The van der Waals surface area contributed by atoms with E-state index in [0.717, 1.165) is 3.57 Å². The van der Waals surface area contributed by atoms with Gasteiger partial charge in [-0.15, -0.1) is 0 Å². The van der Waals surface area contributed by atoms with Gasteiger partial charge < -0.3 is 10.5 Å². The molecule has 4 heteroatoms. The van der Waals surface area contributed by atoms with E-state index in [2.05, 4.69) is 22.6 Å². The molecule has 0 saturated carbocycles. The molecule has 0 bridgehead atoms. The minimum absolute atomic E-state index is 0.383. The number of esters is 1. The standard InChI is InChI=1S/C13H10INO2/c14-10-3-7-12(8-4-10)17-13(16)9-1-5-11(15)6-2-9/h1-8H,15H2. The second-order valence-electron chi connectivity index (χ2n) is 3.47. The van der Waals surface area contributed by atoms with Crippen LogP contribution < -0.4 is 10.5 Å². The summed E-state index contributed by atoms with van der Waals surface area (Å²) in [5.41, 5.74) is 6.65. The Labute approximate surface area is 113 Å². The normalized spacial score (nSPS) is 9.94. The van der Waals surface area contributed by atoms with E-state index in [1.165, 1.54) is 0 Å². The van der Waals surface area contributed by atoms with Crippen molar-refractivity contribution in [2.24, 2.45) is 0 Å². The predicted octanol–water partition coefficient (Wildman–Crippen LogP) is 3.09. The third-order valence-electron chi connectivity index (χ3n) is 2.17. The summed E-state index contributed by atoms with van der Waals surface area (Å²) in [4.78, 5) is 11.7. The van der Waals surface area contributed by atoms with Crippen LogP contribution in [0, 0.1) is 3.57 Å². The lowest BCUT2D eigenvalue weighted by Gasteiger charge is -2.04. The molecule has 0 aromatic heterocycles. The van der Waals surface area contributed by atoms with Crippen molar-refractivity contribution in [3.05, 3.63) is 57.7 Å². The Morgan fingerprint density at radius 3 is 2.18 bits per heavy atom. The van der Waals surface area contributed by atoms with Crippen LogP contribution >= 0.6 is 22.6 Å². The third-order valence-corrected chi connectivity index (χ3v) is 2.89. The molecule has 0 aliphatic carbocycles. The molecule has 0 amide bonds. The summed E-state index contributed by atoms with van der Waals surface area (Å²) in [7, 11) is 0. The van der Waals surface area contributed by atoms with Gasteiger partial charge in [0, 0.05) is 9.26 Å². The summed E-state index contributed by atoms with van der Waals surface area (Å²) in [5, 5.41) is 0. The van der Waals surface area contributed by atoms with Crippen LogP contribution in [0.5, 0.6) is 5.75 Å². The molecule has 2 rings (SSSR count). The number of ether oxygens (including phenoxy) is 1. The number of anilines is 1. The number of hydrogen-bond acceptors (Lipinski definition) is 3. The lowest BCUT2D eigenvalue weighted by Crippen LogP contribution is -2.08. The molecule has 0 heterocycles. The molecule has 0 aliphatic heterocycles. The lowest BCUT2D eigenvalue weighted by molar-refractivity contribution is 0.0735. The maximum absolute atomic E-state index is 11.7.